The van der Waals surface area contributed by atoms with Crippen molar-refractivity contribution in [2.24, 2.45) is 0 Å². The fourth-order valence-corrected chi connectivity index (χ4v) is 3.63. The van der Waals surface area contributed by atoms with E-state index < -0.39 is 5.60 Å². The van der Waals surface area contributed by atoms with Crippen LogP contribution in [0.2, 0.25) is 0 Å². The van der Waals surface area contributed by atoms with E-state index in [-0.39, 0.29) is 12.1 Å². The number of ether oxygens (including phenoxy) is 3. The highest BCUT2D eigenvalue weighted by Gasteiger charge is 2.23. The molecule has 1 aliphatic rings. The molecule has 30 heavy (non-hydrogen) atoms. The molecule has 5 heteroatoms. The summed E-state index contributed by atoms with van der Waals surface area (Å²) < 4.78 is 17.4. The Morgan fingerprint density at radius 2 is 1.73 bits per heavy atom. The van der Waals surface area contributed by atoms with Crippen molar-refractivity contribution in [3.8, 4) is 11.5 Å². The van der Waals surface area contributed by atoms with Gasteiger partial charge >= 0.3 is 5.97 Å². The van der Waals surface area contributed by atoms with Crippen LogP contribution in [0, 0.1) is 13.8 Å². The molecule has 1 saturated heterocycles. The van der Waals surface area contributed by atoms with Crippen molar-refractivity contribution < 1.29 is 19.0 Å². The Labute approximate surface area is 179 Å². The van der Waals surface area contributed by atoms with E-state index in [9.17, 15) is 4.79 Å². The van der Waals surface area contributed by atoms with Gasteiger partial charge in [-0.1, -0.05) is 18.2 Å². The summed E-state index contributed by atoms with van der Waals surface area (Å²) in [6.45, 7) is 12.7. The van der Waals surface area contributed by atoms with Crippen LogP contribution in [0.25, 0.3) is 0 Å². The van der Waals surface area contributed by atoms with Gasteiger partial charge in [-0.2, -0.15) is 0 Å². The van der Waals surface area contributed by atoms with Crippen LogP contribution in [0.15, 0.2) is 42.5 Å². The Hall–Kier alpha value is -2.37. The van der Waals surface area contributed by atoms with Crippen LogP contribution in [0.1, 0.15) is 50.0 Å². The summed E-state index contributed by atoms with van der Waals surface area (Å²) >= 11 is 0. The van der Waals surface area contributed by atoms with Gasteiger partial charge in [0.05, 0.1) is 19.1 Å². The second-order valence-electron chi connectivity index (χ2n) is 8.99. The molecule has 2 aromatic carbocycles. The average molecular weight is 412 g/mol. The zero-order valence-electron chi connectivity index (χ0n) is 18.7. The molecule has 0 aromatic heterocycles. The van der Waals surface area contributed by atoms with Crippen molar-refractivity contribution in [2.75, 3.05) is 26.2 Å². The lowest BCUT2D eigenvalue weighted by Crippen LogP contribution is -2.39. The summed E-state index contributed by atoms with van der Waals surface area (Å²) in [6, 6.07) is 14.3. The molecule has 1 heterocycles. The lowest BCUT2D eigenvalue weighted by atomic mass is 10.1. The quantitative estimate of drug-likeness (QED) is 0.612. The number of rotatable bonds is 6. The van der Waals surface area contributed by atoms with Gasteiger partial charge in [0.15, 0.2) is 0 Å². The highest BCUT2D eigenvalue weighted by molar-refractivity contribution is 5.70. The van der Waals surface area contributed by atoms with E-state index in [2.05, 4.69) is 36.9 Å². The van der Waals surface area contributed by atoms with Crippen molar-refractivity contribution in [2.45, 2.75) is 52.7 Å². The molecule has 1 aliphatic heterocycles. The van der Waals surface area contributed by atoms with E-state index in [0.717, 1.165) is 30.2 Å². The smallest absolute Gasteiger partial charge is 0.307 e. The van der Waals surface area contributed by atoms with Gasteiger partial charge in [-0.3, -0.25) is 9.69 Å². The van der Waals surface area contributed by atoms with Gasteiger partial charge in [0, 0.05) is 19.6 Å². The molecule has 1 unspecified atom stereocenters. The molecule has 0 amide bonds. The molecule has 1 atom stereocenters. The zero-order valence-corrected chi connectivity index (χ0v) is 18.7. The summed E-state index contributed by atoms with van der Waals surface area (Å²) in [5, 5.41) is 0. The normalized spacial score (nSPS) is 17.6. The van der Waals surface area contributed by atoms with Crippen molar-refractivity contribution >= 4 is 5.97 Å². The van der Waals surface area contributed by atoms with Crippen molar-refractivity contribution in [3.63, 3.8) is 0 Å². The molecule has 0 N–H and O–H groups in total. The fourth-order valence-electron chi connectivity index (χ4n) is 3.63. The van der Waals surface area contributed by atoms with Crippen LogP contribution < -0.4 is 4.74 Å². The molecule has 0 radical (unpaired) electrons. The molecule has 0 aliphatic carbocycles. The summed E-state index contributed by atoms with van der Waals surface area (Å²) in [7, 11) is 0. The van der Waals surface area contributed by atoms with Crippen LogP contribution >= 0.6 is 0 Å². The number of hydrogen-bond acceptors (Lipinski definition) is 5. The zero-order chi connectivity index (χ0) is 21.7. The minimum atomic E-state index is -0.439. The minimum absolute atomic E-state index is 0.00680. The third-order valence-electron chi connectivity index (χ3n) is 4.89. The van der Waals surface area contributed by atoms with Crippen LogP contribution in [0.3, 0.4) is 0 Å². The Morgan fingerprint density at radius 3 is 2.37 bits per heavy atom. The first-order chi connectivity index (χ1) is 14.2. The van der Waals surface area contributed by atoms with Gasteiger partial charge in [-0.05, 0) is 75.6 Å². The summed E-state index contributed by atoms with van der Waals surface area (Å²) in [4.78, 5) is 14.3. The van der Waals surface area contributed by atoms with E-state index >= 15 is 0 Å². The first-order valence-corrected chi connectivity index (χ1v) is 10.6. The predicted molar refractivity (Wildman–Crippen MR) is 118 cm³/mol. The van der Waals surface area contributed by atoms with Gasteiger partial charge in [-0.15, -0.1) is 0 Å². The van der Waals surface area contributed by atoms with E-state index in [4.69, 9.17) is 14.2 Å². The lowest BCUT2D eigenvalue weighted by molar-refractivity contribution is -0.155. The van der Waals surface area contributed by atoms with Crippen LogP contribution in [0.4, 0.5) is 0 Å². The first-order valence-electron chi connectivity index (χ1n) is 10.6. The maximum Gasteiger partial charge on any atom is 0.307 e. The number of aryl methyl sites for hydroxylation is 2. The molecule has 5 nitrogen and oxygen atoms in total. The molecule has 0 saturated carbocycles. The molecule has 1 fully saturated rings. The Kier molecular flexibility index (Phi) is 7.16. The Morgan fingerprint density at radius 1 is 1.07 bits per heavy atom. The third-order valence-corrected chi connectivity index (χ3v) is 4.89. The maximum atomic E-state index is 12.0. The van der Waals surface area contributed by atoms with Gasteiger partial charge in [0.1, 0.15) is 17.1 Å². The van der Waals surface area contributed by atoms with Crippen molar-refractivity contribution in [1.82, 2.24) is 4.90 Å². The van der Waals surface area contributed by atoms with E-state index in [0.29, 0.717) is 19.6 Å². The summed E-state index contributed by atoms with van der Waals surface area (Å²) in [5.41, 5.74) is 3.04. The number of morpholine rings is 1. The van der Waals surface area contributed by atoms with Gasteiger partial charge < -0.3 is 14.2 Å². The topological polar surface area (TPSA) is 48.0 Å². The first kappa shape index (κ1) is 22.3. The fraction of sp³-hybridized carbons (Fsp3) is 0.480. The Bertz CT molecular complexity index is 834. The maximum absolute atomic E-state index is 12.0. The summed E-state index contributed by atoms with van der Waals surface area (Å²) in [6.07, 6.45) is 0.389. The van der Waals surface area contributed by atoms with Crippen LogP contribution in [-0.4, -0.2) is 42.7 Å². The minimum Gasteiger partial charge on any atom is -0.460 e. The third kappa shape index (κ3) is 6.85. The SMILES string of the molecule is Cc1cc(C)cc(Oc2ccc(C3CN(CCC(=O)OC(C)(C)C)CCO3)cc2)c1. The molecule has 3 rings (SSSR count). The molecule has 0 spiro atoms. The molecule has 2 aromatic rings. The van der Waals surface area contributed by atoms with Crippen LogP contribution in [-0.2, 0) is 14.3 Å². The van der Waals surface area contributed by atoms with E-state index in [1.165, 1.54) is 11.1 Å². The lowest BCUT2D eigenvalue weighted by Gasteiger charge is -2.33. The summed E-state index contributed by atoms with van der Waals surface area (Å²) in [5.74, 6) is 1.50. The second-order valence-corrected chi connectivity index (χ2v) is 8.99. The predicted octanol–water partition coefficient (Wildman–Crippen LogP) is 5.20. The second kappa shape index (κ2) is 9.63. The number of carbonyl (C=O) groups is 1. The standard InChI is InChI=1S/C25H33NO4/c1-18-14-19(2)16-22(15-18)29-21-8-6-20(7-9-21)23-17-26(12-13-28-23)11-10-24(27)30-25(3,4)5/h6-9,14-16,23H,10-13,17H2,1-5H3. The van der Waals surface area contributed by atoms with E-state index in [1.54, 1.807) is 0 Å². The van der Waals surface area contributed by atoms with Crippen LogP contribution in [0.5, 0.6) is 11.5 Å². The number of nitrogens with zero attached hydrogens (tertiary/aromatic N) is 1. The monoisotopic (exact) mass is 411 g/mol. The highest BCUT2D eigenvalue weighted by atomic mass is 16.6. The van der Waals surface area contributed by atoms with Gasteiger partial charge in [0.2, 0.25) is 0 Å². The Balaban J connectivity index is 1.54. The number of benzene rings is 2. The molecular formula is C25H33NO4. The number of carbonyl (C=O) groups excluding carboxylic acids is 1. The van der Waals surface area contributed by atoms with E-state index in [1.807, 2.05) is 45.0 Å². The molecule has 162 valence electrons. The molecular weight excluding hydrogens is 378 g/mol. The van der Waals surface area contributed by atoms with Gasteiger partial charge in [0.25, 0.3) is 0 Å². The molecule has 0 bridgehead atoms. The average Bonchev–Trinajstić information content (AvgIpc) is 2.65. The van der Waals surface area contributed by atoms with Crippen molar-refractivity contribution in [1.29, 1.82) is 0 Å². The highest BCUT2D eigenvalue weighted by Crippen LogP contribution is 2.28. The largest absolute Gasteiger partial charge is 0.460 e. The van der Waals surface area contributed by atoms with Gasteiger partial charge in [-0.25, -0.2) is 0 Å². The number of hydrogen-bond donors (Lipinski definition) is 0. The number of esters is 1. The van der Waals surface area contributed by atoms with Crippen molar-refractivity contribution in [3.05, 3.63) is 59.2 Å².